The highest BCUT2D eigenvalue weighted by molar-refractivity contribution is 5.73. The first-order valence-electron chi connectivity index (χ1n) is 26.0. The highest BCUT2D eigenvalue weighted by Gasteiger charge is 2.55. The Kier molecular flexibility index (Phi) is 19.5. The third-order valence-corrected chi connectivity index (χ3v) is 16.1. The summed E-state index contributed by atoms with van der Waals surface area (Å²) in [6, 6.07) is 6.70. The van der Waals surface area contributed by atoms with E-state index in [2.05, 4.69) is 25.5 Å². The van der Waals surface area contributed by atoms with Crippen LogP contribution in [0.25, 0.3) is 5.69 Å². The summed E-state index contributed by atoms with van der Waals surface area (Å²) >= 11 is 0. The van der Waals surface area contributed by atoms with E-state index in [0.717, 1.165) is 23.6 Å². The average Bonchev–Trinajstić information content (AvgIpc) is 4.05. The Morgan fingerprint density at radius 3 is 2.32 bits per heavy atom. The average molecular weight is 1020 g/mol. The molecule has 18 atom stereocenters. The third kappa shape index (κ3) is 13.4. The maximum absolute atomic E-state index is 14.6. The summed E-state index contributed by atoms with van der Waals surface area (Å²) < 4.78 is 41.7. The van der Waals surface area contributed by atoms with Crippen molar-refractivity contribution >= 4 is 5.97 Å². The van der Waals surface area contributed by atoms with Gasteiger partial charge in [0, 0.05) is 70.2 Å². The Hall–Kier alpha value is -3.67. The number of methoxy groups -OCH3 is 1. The Balaban J connectivity index is 1.20. The van der Waals surface area contributed by atoms with Crippen LogP contribution in [0.5, 0.6) is 5.75 Å². The van der Waals surface area contributed by atoms with Crippen molar-refractivity contribution in [3.8, 4) is 11.4 Å². The highest BCUT2D eigenvalue weighted by atomic mass is 16.7. The first-order valence-corrected chi connectivity index (χ1v) is 26.0. The maximum Gasteiger partial charge on any atom is 0.309 e. The molecule has 406 valence electrons. The minimum atomic E-state index is -1.81. The predicted molar refractivity (Wildman–Crippen MR) is 267 cm³/mol. The van der Waals surface area contributed by atoms with E-state index >= 15 is 0 Å². The zero-order valence-electron chi connectivity index (χ0n) is 44.9. The molecule has 5 heterocycles. The Bertz CT molecular complexity index is 2130. The second-order valence-electron chi connectivity index (χ2n) is 22.0. The molecule has 0 radical (unpaired) electrons. The van der Waals surface area contributed by atoms with Crippen molar-refractivity contribution in [2.24, 2.45) is 23.7 Å². The van der Waals surface area contributed by atoms with Crippen LogP contribution in [0.3, 0.4) is 0 Å². The fourth-order valence-electron chi connectivity index (χ4n) is 11.7. The number of ether oxygens (including phenoxy) is 6. The van der Waals surface area contributed by atoms with Crippen molar-refractivity contribution in [3.63, 3.8) is 0 Å². The number of nitrogens with zero attached hydrogens (tertiary/aromatic N) is 8. The fourth-order valence-corrected chi connectivity index (χ4v) is 11.7. The molecular formula is C52H86N8O12. The van der Waals surface area contributed by atoms with Crippen molar-refractivity contribution in [3.05, 3.63) is 48.5 Å². The van der Waals surface area contributed by atoms with Crippen LogP contribution in [0.4, 0.5) is 0 Å². The van der Waals surface area contributed by atoms with Crippen LogP contribution >= 0.6 is 0 Å². The summed E-state index contributed by atoms with van der Waals surface area (Å²) in [5.41, 5.74) is -2.75. The number of carbonyl (C=O) groups excluding carboxylic acids is 1. The van der Waals surface area contributed by atoms with Gasteiger partial charge in [-0.1, -0.05) is 38.1 Å². The smallest absolute Gasteiger partial charge is 0.309 e. The topological polar surface area (TPSA) is 241 Å². The second-order valence-corrected chi connectivity index (χ2v) is 22.0. The van der Waals surface area contributed by atoms with Gasteiger partial charge in [0.1, 0.15) is 35.8 Å². The van der Waals surface area contributed by atoms with E-state index in [1.54, 1.807) is 44.8 Å². The van der Waals surface area contributed by atoms with Crippen molar-refractivity contribution in [2.45, 2.75) is 198 Å². The van der Waals surface area contributed by atoms with E-state index < -0.39 is 102 Å². The summed E-state index contributed by atoms with van der Waals surface area (Å²) in [5, 5.41) is 76.7. The largest absolute Gasteiger partial charge is 0.494 e. The molecule has 1 aromatic carbocycles. The van der Waals surface area contributed by atoms with Crippen LogP contribution in [-0.2, 0) is 41.4 Å². The van der Waals surface area contributed by atoms with Gasteiger partial charge in [0.2, 0.25) is 0 Å². The fraction of sp³-hybridized carbons (Fsp3) is 0.788. The standard InChI is InChI=1S/C52H86N8O12/c1-14-42-52(10,66)45(62)35(6)58(12)29-31(2)27-50(8,65)47(33(4)43(34(5)48(64)71-42)41-28-51(9,67-13)46(63)36(7)70-41)72-49-44(61)40(26-32(3)69-49)57(11)23-20-37-30-59(56-54-37)22-15-25-68-39-18-16-38(17-19-39)60-24-21-53-55-60/h16-19,21,24,30-36,40-47,49,61-63,65-66H,14-15,20,22-23,25-29H2,1-13H3/t31-,32-,33+,34-,35-,36+,40+,41?,42-,43+,44-,45-,46+,47-,49+,50-,51-,52-/m1/s1. The number of hydrogen-bond acceptors (Lipinski definition) is 18. The Morgan fingerprint density at radius 1 is 0.958 bits per heavy atom. The number of aliphatic hydroxyl groups excluding tert-OH is 3. The molecule has 3 aromatic rings. The van der Waals surface area contributed by atoms with Crippen molar-refractivity contribution in [1.82, 2.24) is 39.8 Å². The number of rotatable bonds is 15. The Labute approximate surface area is 426 Å². The van der Waals surface area contributed by atoms with Gasteiger partial charge in [-0.25, -0.2) is 4.68 Å². The zero-order valence-corrected chi connectivity index (χ0v) is 44.9. The number of cyclic esters (lactones) is 1. The highest BCUT2D eigenvalue weighted by Crippen LogP contribution is 2.45. The molecule has 20 nitrogen and oxygen atoms in total. The first-order chi connectivity index (χ1) is 33.9. The van der Waals surface area contributed by atoms with Crippen LogP contribution in [0.1, 0.15) is 107 Å². The van der Waals surface area contributed by atoms with Gasteiger partial charge in [-0.2, -0.15) is 0 Å². The molecule has 0 bridgehead atoms. The first kappa shape index (κ1) is 57.6. The molecule has 0 spiro atoms. The summed E-state index contributed by atoms with van der Waals surface area (Å²) in [7, 11) is 5.34. The molecular weight excluding hydrogens is 929 g/mol. The van der Waals surface area contributed by atoms with E-state index in [0.29, 0.717) is 39.1 Å². The molecule has 2 aromatic heterocycles. The number of esters is 1. The minimum Gasteiger partial charge on any atom is -0.494 e. The molecule has 5 N–H and O–H groups in total. The van der Waals surface area contributed by atoms with Gasteiger partial charge >= 0.3 is 5.97 Å². The molecule has 0 amide bonds. The van der Waals surface area contributed by atoms with E-state index in [-0.39, 0.29) is 31.3 Å². The molecule has 3 fully saturated rings. The summed E-state index contributed by atoms with van der Waals surface area (Å²) in [6.45, 7) is 20.1. The lowest BCUT2D eigenvalue weighted by Gasteiger charge is -2.51. The lowest BCUT2D eigenvalue weighted by Crippen LogP contribution is -2.62. The SMILES string of the molecule is CC[C@H]1OC(=O)[C@H](C)[C@@H](C2C[C@@](C)(OC)[C@@H](O)[C@H](C)O2)[C@H](C)[C@@H](O[C@@H]2O[C@H](C)C[C@H](N(C)CCc3cn(CCCOc4ccc(-n5ccnn5)cc4)nn3)[C@H]2O)[C@](C)(O)C[C@@H](C)CN(C)[C@H](C)[C@@H](O)[C@]1(C)O. The molecule has 3 saturated heterocycles. The van der Waals surface area contributed by atoms with E-state index in [4.69, 9.17) is 28.4 Å². The van der Waals surface area contributed by atoms with Crippen molar-refractivity contribution in [2.75, 3.05) is 40.9 Å². The van der Waals surface area contributed by atoms with Crippen LogP contribution in [-0.4, -0.2) is 196 Å². The zero-order chi connectivity index (χ0) is 52.9. The van der Waals surface area contributed by atoms with Gasteiger partial charge < -0.3 is 63.8 Å². The number of carbonyl (C=O) groups is 1. The summed E-state index contributed by atoms with van der Waals surface area (Å²) in [6.07, 6.45) is -0.648. The van der Waals surface area contributed by atoms with E-state index in [1.165, 1.54) is 14.0 Å². The van der Waals surface area contributed by atoms with E-state index in [1.807, 2.05) is 88.8 Å². The number of hydrogen-bond donors (Lipinski definition) is 5. The lowest BCUT2D eigenvalue weighted by molar-refractivity contribution is -0.302. The van der Waals surface area contributed by atoms with Gasteiger partial charge in [-0.05, 0) is 111 Å². The molecule has 0 saturated carbocycles. The summed E-state index contributed by atoms with van der Waals surface area (Å²) in [4.78, 5) is 18.6. The Morgan fingerprint density at radius 2 is 1.67 bits per heavy atom. The monoisotopic (exact) mass is 1010 g/mol. The molecule has 20 heteroatoms. The molecule has 3 aliphatic heterocycles. The lowest BCUT2D eigenvalue weighted by atomic mass is 9.68. The van der Waals surface area contributed by atoms with Crippen LogP contribution in [0.15, 0.2) is 42.9 Å². The van der Waals surface area contributed by atoms with Crippen LogP contribution in [0, 0.1) is 23.7 Å². The van der Waals surface area contributed by atoms with Gasteiger partial charge in [0.05, 0.1) is 71.9 Å². The quantitative estimate of drug-likeness (QED) is 0.108. The van der Waals surface area contributed by atoms with Crippen molar-refractivity contribution < 1.29 is 58.7 Å². The number of aromatic nitrogens is 6. The normalized spacial score (nSPS) is 39.0. The molecule has 1 unspecified atom stereocenters. The molecule has 3 aliphatic rings. The maximum atomic E-state index is 14.6. The molecule has 0 aliphatic carbocycles. The third-order valence-electron chi connectivity index (χ3n) is 16.1. The van der Waals surface area contributed by atoms with Crippen molar-refractivity contribution in [1.29, 1.82) is 0 Å². The van der Waals surface area contributed by atoms with Crippen LogP contribution < -0.4 is 4.74 Å². The number of aliphatic hydroxyl groups is 5. The van der Waals surface area contributed by atoms with E-state index in [9.17, 15) is 30.3 Å². The van der Waals surface area contributed by atoms with Crippen LogP contribution in [0.2, 0.25) is 0 Å². The number of aryl methyl sites for hydroxylation is 1. The number of benzene rings is 1. The van der Waals surface area contributed by atoms with Gasteiger partial charge in [-0.3, -0.25) is 9.48 Å². The minimum absolute atomic E-state index is 0.168. The predicted octanol–water partition coefficient (Wildman–Crippen LogP) is 3.43. The molecule has 72 heavy (non-hydrogen) atoms. The number of likely N-dealkylation sites (N-methyl/N-ethyl adjacent to an activating group) is 2. The summed E-state index contributed by atoms with van der Waals surface area (Å²) in [5.74, 6) is -2.36. The molecule has 6 rings (SSSR count). The van der Waals surface area contributed by atoms with Gasteiger partial charge in [0.15, 0.2) is 6.29 Å². The second kappa shape index (κ2) is 24.3. The van der Waals surface area contributed by atoms with Gasteiger partial charge in [-0.15, -0.1) is 10.2 Å². The van der Waals surface area contributed by atoms with Gasteiger partial charge in [0.25, 0.3) is 0 Å².